The first kappa shape index (κ1) is 12.2. The lowest BCUT2D eigenvalue weighted by Crippen LogP contribution is -2.20. The van der Waals surface area contributed by atoms with Crippen molar-refractivity contribution >= 4 is 11.9 Å². The Morgan fingerprint density at radius 1 is 1.44 bits per heavy atom. The molecular weight excluding hydrogens is 236 g/mol. The third-order valence-electron chi connectivity index (χ3n) is 2.21. The first-order valence-electron chi connectivity index (χ1n) is 5.32. The van der Waals surface area contributed by atoms with Crippen LogP contribution < -0.4 is 11.1 Å². The molecule has 0 saturated carbocycles. The normalized spacial score (nSPS) is 12.3. The largest absolute Gasteiger partial charge is 0.380 e. The maximum absolute atomic E-state index is 5.61. The van der Waals surface area contributed by atoms with Gasteiger partial charge in [0.15, 0.2) is 0 Å². The van der Waals surface area contributed by atoms with Gasteiger partial charge in [0.05, 0.1) is 6.10 Å². The van der Waals surface area contributed by atoms with E-state index in [1.54, 1.807) is 7.11 Å². The quantitative estimate of drug-likeness (QED) is 0.728. The monoisotopic (exact) mass is 250 g/mol. The summed E-state index contributed by atoms with van der Waals surface area (Å²) in [6, 6.07) is 0. The van der Waals surface area contributed by atoms with Crippen molar-refractivity contribution in [1.82, 2.24) is 29.7 Å². The molecule has 2 heterocycles. The van der Waals surface area contributed by atoms with E-state index < -0.39 is 0 Å². The van der Waals surface area contributed by atoms with Crippen molar-refractivity contribution in [1.29, 1.82) is 0 Å². The highest BCUT2D eigenvalue weighted by Crippen LogP contribution is 2.05. The Kier molecular flexibility index (Phi) is 3.63. The summed E-state index contributed by atoms with van der Waals surface area (Å²) in [5, 5.41) is 6.93. The summed E-state index contributed by atoms with van der Waals surface area (Å²) >= 11 is 0. The van der Waals surface area contributed by atoms with Crippen LogP contribution in [-0.4, -0.2) is 49.5 Å². The molecule has 0 aliphatic rings. The molecule has 96 valence electrons. The van der Waals surface area contributed by atoms with Crippen LogP contribution >= 0.6 is 0 Å². The second-order valence-electron chi connectivity index (χ2n) is 3.58. The molecule has 0 radical (unpaired) electrons. The van der Waals surface area contributed by atoms with Crippen LogP contribution in [0.1, 0.15) is 6.92 Å². The minimum absolute atomic E-state index is 0.0396. The van der Waals surface area contributed by atoms with E-state index in [0.717, 1.165) is 0 Å². The summed E-state index contributed by atoms with van der Waals surface area (Å²) < 4.78 is 6.52. The summed E-state index contributed by atoms with van der Waals surface area (Å²) in [6.07, 6.45) is 2.91. The molecule has 0 aliphatic carbocycles. The molecule has 0 saturated heterocycles. The number of aromatic nitrogens is 6. The molecule has 2 rings (SSSR count). The minimum Gasteiger partial charge on any atom is -0.380 e. The summed E-state index contributed by atoms with van der Waals surface area (Å²) in [6.45, 7) is 2.49. The number of nitrogens with one attached hydrogen (secondary N) is 1. The summed E-state index contributed by atoms with van der Waals surface area (Å²) in [5.74, 6) is 0.799. The van der Waals surface area contributed by atoms with Crippen LogP contribution in [0.4, 0.5) is 11.9 Å². The fourth-order valence-electron chi connectivity index (χ4n) is 1.19. The van der Waals surface area contributed by atoms with Crippen molar-refractivity contribution in [2.75, 3.05) is 24.7 Å². The third-order valence-corrected chi connectivity index (χ3v) is 2.21. The molecule has 0 fully saturated rings. The predicted molar refractivity (Wildman–Crippen MR) is 64.1 cm³/mol. The smallest absolute Gasteiger partial charge is 0.258 e. The van der Waals surface area contributed by atoms with Crippen molar-refractivity contribution in [3.8, 4) is 5.95 Å². The van der Waals surface area contributed by atoms with Gasteiger partial charge in [0.1, 0.15) is 12.7 Å². The second-order valence-corrected chi connectivity index (χ2v) is 3.58. The minimum atomic E-state index is 0.0396. The van der Waals surface area contributed by atoms with Gasteiger partial charge in [-0.05, 0) is 6.92 Å². The molecule has 3 N–H and O–H groups in total. The Labute approximate surface area is 103 Å². The van der Waals surface area contributed by atoms with Gasteiger partial charge in [-0.15, -0.1) is 0 Å². The molecule has 9 heteroatoms. The van der Waals surface area contributed by atoms with Crippen LogP contribution in [0.3, 0.4) is 0 Å². The van der Waals surface area contributed by atoms with E-state index in [9.17, 15) is 0 Å². The van der Waals surface area contributed by atoms with E-state index in [-0.39, 0.29) is 12.1 Å². The number of rotatable bonds is 5. The fourth-order valence-corrected chi connectivity index (χ4v) is 1.19. The van der Waals surface area contributed by atoms with E-state index in [0.29, 0.717) is 18.4 Å². The number of hydrogen-bond donors (Lipinski definition) is 2. The first-order chi connectivity index (χ1) is 8.69. The van der Waals surface area contributed by atoms with Gasteiger partial charge in [-0.2, -0.15) is 24.7 Å². The Morgan fingerprint density at radius 2 is 2.28 bits per heavy atom. The van der Waals surface area contributed by atoms with Crippen molar-refractivity contribution in [2.45, 2.75) is 13.0 Å². The Hall–Kier alpha value is -2.29. The lowest BCUT2D eigenvalue weighted by molar-refractivity contribution is 0.128. The van der Waals surface area contributed by atoms with Crippen LogP contribution in [0.15, 0.2) is 12.7 Å². The van der Waals surface area contributed by atoms with Crippen molar-refractivity contribution in [3.05, 3.63) is 12.7 Å². The van der Waals surface area contributed by atoms with Gasteiger partial charge in [0, 0.05) is 13.7 Å². The van der Waals surface area contributed by atoms with Gasteiger partial charge in [-0.25, -0.2) is 4.98 Å². The van der Waals surface area contributed by atoms with Crippen molar-refractivity contribution in [2.24, 2.45) is 0 Å². The van der Waals surface area contributed by atoms with Gasteiger partial charge in [-0.1, -0.05) is 0 Å². The predicted octanol–water partition coefficient (Wildman–Crippen LogP) is -0.519. The fraction of sp³-hybridized carbons (Fsp3) is 0.444. The number of ether oxygens (including phenoxy) is 1. The first-order valence-corrected chi connectivity index (χ1v) is 5.32. The van der Waals surface area contributed by atoms with Gasteiger partial charge in [-0.3, -0.25) is 0 Å². The van der Waals surface area contributed by atoms with E-state index in [1.165, 1.54) is 17.3 Å². The maximum atomic E-state index is 5.61. The molecule has 1 unspecified atom stereocenters. The molecule has 2 aromatic rings. The van der Waals surface area contributed by atoms with Crippen molar-refractivity contribution in [3.63, 3.8) is 0 Å². The van der Waals surface area contributed by atoms with Gasteiger partial charge in [0.25, 0.3) is 5.95 Å². The highest BCUT2D eigenvalue weighted by molar-refractivity contribution is 5.34. The lowest BCUT2D eigenvalue weighted by atomic mass is 10.4. The third kappa shape index (κ3) is 2.88. The molecule has 18 heavy (non-hydrogen) atoms. The topological polar surface area (TPSA) is 117 Å². The van der Waals surface area contributed by atoms with Crippen molar-refractivity contribution < 1.29 is 4.74 Å². The Bertz CT molecular complexity index is 499. The summed E-state index contributed by atoms with van der Waals surface area (Å²) in [5.41, 5.74) is 5.61. The van der Waals surface area contributed by atoms with Gasteiger partial charge >= 0.3 is 0 Å². The zero-order valence-electron chi connectivity index (χ0n) is 10.1. The van der Waals surface area contributed by atoms with Crippen LogP contribution in [-0.2, 0) is 4.74 Å². The molecule has 1 atom stereocenters. The van der Waals surface area contributed by atoms with Crippen LogP contribution in [0.2, 0.25) is 0 Å². The number of methoxy groups -OCH3 is 1. The van der Waals surface area contributed by atoms with E-state index in [4.69, 9.17) is 10.5 Å². The molecule has 0 aliphatic heterocycles. The zero-order valence-corrected chi connectivity index (χ0v) is 10.1. The molecule has 0 spiro atoms. The summed E-state index contributed by atoms with van der Waals surface area (Å²) in [4.78, 5) is 15.9. The van der Waals surface area contributed by atoms with E-state index in [1.807, 2.05) is 6.92 Å². The standard InChI is InChI=1S/C9H14N8O/c1-6(18-2)3-12-8-14-7(10)15-9(16-8)17-5-11-4-13-17/h4-6H,3H2,1-2H3,(H3,10,12,14,15,16). The van der Waals surface area contributed by atoms with Crippen LogP contribution in [0, 0.1) is 0 Å². The SMILES string of the molecule is COC(C)CNc1nc(N)nc(-n2cncn2)n1. The number of nitrogens with zero attached hydrogens (tertiary/aromatic N) is 6. The number of hydrogen-bond acceptors (Lipinski definition) is 8. The average Bonchev–Trinajstić information content (AvgIpc) is 2.89. The number of nitrogen functional groups attached to an aromatic ring is 1. The lowest BCUT2D eigenvalue weighted by Gasteiger charge is -2.11. The number of anilines is 2. The van der Waals surface area contributed by atoms with Gasteiger partial charge in [0.2, 0.25) is 11.9 Å². The second kappa shape index (κ2) is 5.36. The highest BCUT2D eigenvalue weighted by atomic mass is 16.5. The van der Waals surface area contributed by atoms with Crippen LogP contribution in [0.5, 0.6) is 0 Å². The van der Waals surface area contributed by atoms with E-state index >= 15 is 0 Å². The van der Waals surface area contributed by atoms with Crippen LogP contribution in [0.25, 0.3) is 5.95 Å². The molecule has 0 amide bonds. The number of nitrogens with two attached hydrogens (primary N) is 1. The average molecular weight is 250 g/mol. The molecular formula is C9H14N8O. The highest BCUT2D eigenvalue weighted by Gasteiger charge is 2.07. The summed E-state index contributed by atoms with van der Waals surface area (Å²) in [7, 11) is 1.63. The molecule has 9 nitrogen and oxygen atoms in total. The molecule has 0 bridgehead atoms. The Morgan fingerprint density at radius 3 is 2.94 bits per heavy atom. The van der Waals surface area contributed by atoms with Gasteiger partial charge < -0.3 is 15.8 Å². The Balaban J connectivity index is 2.17. The molecule has 0 aromatic carbocycles. The van der Waals surface area contributed by atoms with E-state index in [2.05, 4.69) is 30.4 Å². The molecule has 2 aromatic heterocycles. The zero-order chi connectivity index (χ0) is 13.0. The maximum Gasteiger partial charge on any atom is 0.258 e.